The Morgan fingerprint density at radius 3 is 2.75 bits per heavy atom. The minimum Gasteiger partial charge on any atom is -0.397 e. The zero-order valence-corrected chi connectivity index (χ0v) is 14.6. The van der Waals surface area contributed by atoms with Crippen LogP contribution in [-0.4, -0.2) is 15.8 Å². The van der Waals surface area contributed by atoms with Crippen molar-refractivity contribution in [1.82, 2.24) is 9.88 Å². The van der Waals surface area contributed by atoms with Gasteiger partial charge in [-0.25, -0.2) is 9.37 Å². The first-order chi connectivity index (χ1) is 13.6. The first-order valence-electron chi connectivity index (χ1n) is 8.70. The lowest BCUT2D eigenvalue weighted by Gasteiger charge is -2.19. The van der Waals surface area contributed by atoms with E-state index in [1.807, 2.05) is 18.2 Å². The molecule has 5 rings (SSSR count). The fourth-order valence-electron chi connectivity index (χ4n) is 3.70. The van der Waals surface area contributed by atoms with Crippen LogP contribution >= 0.6 is 0 Å². The minimum absolute atomic E-state index is 0.175. The fraction of sp³-hybridized carbons (Fsp3) is 0.0455. The highest BCUT2D eigenvalue weighted by atomic mass is 19.1. The molecule has 1 aromatic heterocycles. The summed E-state index contributed by atoms with van der Waals surface area (Å²) in [4.78, 5) is 19.2. The summed E-state index contributed by atoms with van der Waals surface area (Å²) in [6.45, 7) is 0.326. The SMILES string of the molecule is N#Cc1ccc(F)cc1-c1cccc2c(N)c3c(nc12)CN(C1=CC=C1)C3=O. The van der Waals surface area contributed by atoms with Crippen LogP contribution in [0.5, 0.6) is 0 Å². The van der Waals surface area contributed by atoms with E-state index in [-0.39, 0.29) is 5.91 Å². The summed E-state index contributed by atoms with van der Waals surface area (Å²) in [5.41, 5.74) is 10.5. The minimum atomic E-state index is -0.440. The molecule has 0 fully saturated rings. The van der Waals surface area contributed by atoms with Gasteiger partial charge in [0.2, 0.25) is 0 Å². The van der Waals surface area contributed by atoms with E-state index < -0.39 is 5.82 Å². The highest BCUT2D eigenvalue weighted by Gasteiger charge is 2.34. The van der Waals surface area contributed by atoms with E-state index in [2.05, 4.69) is 6.07 Å². The van der Waals surface area contributed by atoms with Crippen LogP contribution in [0, 0.1) is 17.1 Å². The Balaban J connectivity index is 1.76. The average molecular weight is 368 g/mol. The number of hydrogen-bond acceptors (Lipinski definition) is 4. The number of nitrogens with zero attached hydrogens (tertiary/aromatic N) is 3. The maximum absolute atomic E-state index is 13.9. The van der Waals surface area contributed by atoms with E-state index in [4.69, 9.17) is 10.7 Å². The molecule has 1 amide bonds. The van der Waals surface area contributed by atoms with E-state index in [1.54, 1.807) is 23.1 Å². The molecule has 0 saturated carbocycles. The number of nitrogen functional groups attached to an aromatic ring is 1. The molecule has 0 saturated heterocycles. The van der Waals surface area contributed by atoms with Gasteiger partial charge in [-0.1, -0.05) is 24.3 Å². The van der Waals surface area contributed by atoms with Gasteiger partial charge in [0.15, 0.2) is 0 Å². The lowest BCUT2D eigenvalue weighted by molar-refractivity contribution is 0.0831. The molecule has 1 aliphatic heterocycles. The number of halogens is 1. The van der Waals surface area contributed by atoms with Crippen LogP contribution in [0.25, 0.3) is 22.0 Å². The van der Waals surface area contributed by atoms with Crippen molar-refractivity contribution in [3.63, 3.8) is 0 Å². The predicted octanol–water partition coefficient (Wildman–Crippen LogP) is 3.90. The summed E-state index contributed by atoms with van der Waals surface area (Å²) >= 11 is 0. The molecule has 0 spiro atoms. The summed E-state index contributed by atoms with van der Waals surface area (Å²) in [5.74, 6) is -0.614. The first-order valence-corrected chi connectivity index (χ1v) is 8.70. The molecule has 2 aromatic carbocycles. The van der Waals surface area contributed by atoms with Crippen molar-refractivity contribution >= 4 is 22.5 Å². The number of carbonyl (C=O) groups is 1. The molecule has 28 heavy (non-hydrogen) atoms. The third kappa shape index (κ3) is 2.17. The van der Waals surface area contributed by atoms with Crippen LogP contribution in [0.2, 0.25) is 0 Å². The van der Waals surface area contributed by atoms with Crippen LogP contribution in [0.3, 0.4) is 0 Å². The Bertz CT molecular complexity index is 1300. The summed E-state index contributed by atoms with van der Waals surface area (Å²) in [7, 11) is 0. The first kappa shape index (κ1) is 16.2. The van der Waals surface area contributed by atoms with Crippen molar-refractivity contribution in [2.24, 2.45) is 0 Å². The van der Waals surface area contributed by atoms with E-state index in [9.17, 15) is 14.4 Å². The Hall–Kier alpha value is -3.98. The maximum Gasteiger partial charge on any atom is 0.262 e. The molecule has 0 radical (unpaired) electrons. The molecule has 3 aromatic rings. The van der Waals surface area contributed by atoms with E-state index in [1.165, 1.54) is 18.2 Å². The number of rotatable bonds is 2. The number of amides is 1. The number of benzene rings is 2. The topological polar surface area (TPSA) is 83.0 Å². The van der Waals surface area contributed by atoms with Gasteiger partial charge in [-0.2, -0.15) is 5.26 Å². The number of para-hydroxylation sites is 1. The van der Waals surface area contributed by atoms with Crippen molar-refractivity contribution in [2.75, 3.05) is 5.73 Å². The van der Waals surface area contributed by atoms with Gasteiger partial charge in [-0.3, -0.25) is 4.79 Å². The number of nitrogens with two attached hydrogens (primary N) is 1. The van der Waals surface area contributed by atoms with Crippen molar-refractivity contribution in [3.8, 4) is 17.2 Å². The standard InChI is InChI=1S/C22H13FN4O/c23-13-8-7-12(10-24)17(9-13)15-5-2-6-16-20(25)19-18(26-21(15)16)11-27(22(19)28)14-3-1-4-14/h1-9H,11H2,(H2,25,26). The highest BCUT2D eigenvalue weighted by Crippen LogP contribution is 2.38. The molecule has 2 N–H and O–H groups in total. The van der Waals surface area contributed by atoms with Gasteiger partial charge < -0.3 is 10.6 Å². The molecular weight excluding hydrogens is 355 g/mol. The number of anilines is 1. The summed E-state index contributed by atoms with van der Waals surface area (Å²) in [6, 6.07) is 11.4. The molecule has 2 aliphatic rings. The third-order valence-electron chi connectivity index (χ3n) is 5.14. The number of nitriles is 1. The number of carbonyl (C=O) groups excluding carboxylic acids is 1. The number of fused-ring (bicyclic) bond motifs is 2. The largest absolute Gasteiger partial charge is 0.397 e. The molecule has 0 unspecified atom stereocenters. The van der Waals surface area contributed by atoms with Gasteiger partial charge in [0, 0.05) is 22.2 Å². The van der Waals surface area contributed by atoms with E-state index in [0.29, 0.717) is 51.1 Å². The van der Waals surface area contributed by atoms with E-state index in [0.717, 1.165) is 5.70 Å². The van der Waals surface area contributed by atoms with Gasteiger partial charge in [0.05, 0.1) is 40.6 Å². The Morgan fingerprint density at radius 2 is 2.04 bits per heavy atom. The second kappa shape index (κ2) is 5.76. The molecule has 5 nitrogen and oxygen atoms in total. The fourth-order valence-corrected chi connectivity index (χ4v) is 3.70. The molecule has 134 valence electrons. The Morgan fingerprint density at radius 1 is 1.21 bits per heavy atom. The second-order valence-electron chi connectivity index (χ2n) is 6.69. The summed E-state index contributed by atoms with van der Waals surface area (Å²) in [5, 5.41) is 10.0. The molecular formula is C22H13FN4O. The van der Waals surface area contributed by atoms with Gasteiger partial charge >= 0.3 is 0 Å². The number of hydrogen-bond donors (Lipinski definition) is 1. The molecule has 2 heterocycles. The molecule has 0 bridgehead atoms. The van der Waals surface area contributed by atoms with Crippen LogP contribution in [0.1, 0.15) is 21.6 Å². The zero-order valence-electron chi connectivity index (χ0n) is 14.6. The average Bonchev–Trinajstić information content (AvgIpc) is 2.96. The van der Waals surface area contributed by atoms with Crippen molar-refractivity contribution in [3.05, 3.63) is 83.0 Å². The summed E-state index contributed by atoms with van der Waals surface area (Å²) in [6.07, 6.45) is 5.58. The molecule has 0 atom stereocenters. The molecule has 1 aliphatic carbocycles. The van der Waals surface area contributed by atoms with Crippen LogP contribution in [0.4, 0.5) is 10.1 Å². The smallest absolute Gasteiger partial charge is 0.262 e. The van der Waals surface area contributed by atoms with Crippen LogP contribution in [-0.2, 0) is 6.54 Å². The van der Waals surface area contributed by atoms with Crippen LogP contribution in [0.15, 0.2) is 60.3 Å². The quantitative estimate of drug-likeness (QED) is 0.743. The zero-order chi connectivity index (χ0) is 19.4. The number of pyridine rings is 1. The summed E-state index contributed by atoms with van der Waals surface area (Å²) < 4.78 is 13.9. The lowest BCUT2D eigenvalue weighted by atomic mass is 9.96. The third-order valence-corrected chi connectivity index (χ3v) is 5.14. The highest BCUT2D eigenvalue weighted by molar-refractivity contribution is 6.12. The van der Waals surface area contributed by atoms with Crippen LogP contribution < -0.4 is 5.73 Å². The van der Waals surface area contributed by atoms with Gasteiger partial charge in [0.25, 0.3) is 5.91 Å². The van der Waals surface area contributed by atoms with Crippen molar-refractivity contribution in [1.29, 1.82) is 5.26 Å². The number of allylic oxidation sites excluding steroid dienone is 3. The van der Waals surface area contributed by atoms with E-state index >= 15 is 0 Å². The monoisotopic (exact) mass is 368 g/mol. The normalized spacial score (nSPS) is 14.6. The van der Waals surface area contributed by atoms with Crippen molar-refractivity contribution in [2.45, 2.75) is 6.54 Å². The van der Waals surface area contributed by atoms with Crippen molar-refractivity contribution < 1.29 is 9.18 Å². The van der Waals surface area contributed by atoms with Gasteiger partial charge in [-0.15, -0.1) is 0 Å². The van der Waals surface area contributed by atoms with Gasteiger partial charge in [-0.05, 0) is 30.4 Å². The van der Waals surface area contributed by atoms with Gasteiger partial charge in [0.1, 0.15) is 5.82 Å². The lowest BCUT2D eigenvalue weighted by Crippen LogP contribution is -2.24. The number of aromatic nitrogens is 1. The predicted molar refractivity (Wildman–Crippen MR) is 103 cm³/mol. The second-order valence-corrected chi connectivity index (χ2v) is 6.69. The maximum atomic E-state index is 13.9. The molecule has 6 heteroatoms. The Labute approximate surface area is 159 Å². The Kier molecular flexibility index (Phi) is 3.34.